The molecule has 17 heavy (non-hydrogen) atoms. The number of rotatable bonds is 2. The van der Waals surface area contributed by atoms with Crippen molar-refractivity contribution in [1.29, 1.82) is 0 Å². The van der Waals surface area contributed by atoms with E-state index in [0.29, 0.717) is 17.1 Å². The molecule has 1 aliphatic rings. The molecule has 3 nitrogen and oxygen atoms in total. The number of benzene rings is 1. The normalized spacial score (nSPS) is 19.7. The highest BCUT2D eigenvalue weighted by Crippen LogP contribution is 2.22. The van der Waals surface area contributed by atoms with E-state index >= 15 is 0 Å². The molecule has 1 fully saturated rings. The fraction of sp³-hybridized carbons (Fsp3) is 0.462. The van der Waals surface area contributed by atoms with E-state index in [2.05, 4.69) is 0 Å². The molecule has 0 radical (unpaired) electrons. The first-order valence-corrected chi connectivity index (χ1v) is 6.28. The van der Waals surface area contributed by atoms with Gasteiger partial charge >= 0.3 is 0 Å². The van der Waals surface area contributed by atoms with Gasteiger partial charge in [0, 0.05) is 29.7 Å². The Morgan fingerprint density at radius 1 is 1.59 bits per heavy atom. The second-order valence-corrected chi connectivity index (χ2v) is 4.90. The Balaban J connectivity index is 2.21. The standard InChI is InChI=1S/C13H17ClN2O/c1-9-4-5-10(7-12(9)14)13(17)16-6-2-3-11(16)8-15/h4-5,7,11H,2-3,6,8,15H2,1H3/t11-/m0/s1. The van der Waals surface area contributed by atoms with Crippen molar-refractivity contribution in [1.82, 2.24) is 4.90 Å². The van der Waals surface area contributed by atoms with Crippen molar-refractivity contribution >= 4 is 17.5 Å². The minimum atomic E-state index is 0.0415. The van der Waals surface area contributed by atoms with Gasteiger partial charge in [-0.3, -0.25) is 4.79 Å². The van der Waals surface area contributed by atoms with E-state index in [0.717, 1.165) is 24.9 Å². The number of likely N-dealkylation sites (tertiary alicyclic amines) is 1. The van der Waals surface area contributed by atoms with Crippen LogP contribution in [0, 0.1) is 6.92 Å². The molecule has 1 aromatic rings. The quantitative estimate of drug-likeness (QED) is 0.877. The third kappa shape index (κ3) is 2.45. The molecule has 1 atom stereocenters. The number of nitrogens with two attached hydrogens (primary N) is 1. The zero-order valence-electron chi connectivity index (χ0n) is 9.95. The van der Waals surface area contributed by atoms with Gasteiger partial charge in [0.25, 0.3) is 5.91 Å². The molecule has 0 spiro atoms. The smallest absolute Gasteiger partial charge is 0.254 e. The van der Waals surface area contributed by atoms with Gasteiger partial charge in [0.05, 0.1) is 0 Å². The first kappa shape index (κ1) is 12.4. The molecule has 0 aromatic heterocycles. The Bertz CT molecular complexity index is 433. The highest BCUT2D eigenvalue weighted by atomic mass is 35.5. The van der Waals surface area contributed by atoms with E-state index in [1.54, 1.807) is 6.07 Å². The zero-order chi connectivity index (χ0) is 12.4. The highest BCUT2D eigenvalue weighted by molar-refractivity contribution is 6.31. The van der Waals surface area contributed by atoms with Gasteiger partial charge in [-0.2, -0.15) is 0 Å². The van der Waals surface area contributed by atoms with Gasteiger partial charge in [-0.15, -0.1) is 0 Å². The van der Waals surface area contributed by atoms with Crippen LogP contribution in [0.3, 0.4) is 0 Å². The summed E-state index contributed by atoms with van der Waals surface area (Å²) in [5.74, 6) is 0.0415. The van der Waals surface area contributed by atoms with Crippen molar-refractivity contribution < 1.29 is 4.79 Å². The average Bonchev–Trinajstić information content (AvgIpc) is 2.80. The number of carbonyl (C=O) groups excluding carboxylic acids is 1. The maximum atomic E-state index is 12.3. The van der Waals surface area contributed by atoms with Crippen molar-refractivity contribution in [2.75, 3.05) is 13.1 Å². The van der Waals surface area contributed by atoms with Crippen LogP contribution in [0.1, 0.15) is 28.8 Å². The molecule has 0 saturated carbocycles. The van der Waals surface area contributed by atoms with E-state index < -0.39 is 0 Å². The first-order chi connectivity index (χ1) is 8.13. The summed E-state index contributed by atoms with van der Waals surface area (Å²) in [5.41, 5.74) is 7.31. The molecule has 4 heteroatoms. The highest BCUT2D eigenvalue weighted by Gasteiger charge is 2.28. The van der Waals surface area contributed by atoms with Gasteiger partial charge in [0.2, 0.25) is 0 Å². The van der Waals surface area contributed by atoms with Gasteiger partial charge in [-0.1, -0.05) is 17.7 Å². The van der Waals surface area contributed by atoms with Gasteiger partial charge in [-0.25, -0.2) is 0 Å². The van der Waals surface area contributed by atoms with E-state index in [4.69, 9.17) is 17.3 Å². The van der Waals surface area contributed by atoms with E-state index in [1.807, 2.05) is 24.0 Å². The predicted octanol–water partition coefficient (Wildman–Crippen LogP) is 2.21. The molecule has 1 saturated heterocycles. The first-order valence-electron chi connectivity index (χ1n) is 5.90. The van der Waals surface area contributed by atoms with E-state index in [1.165, 1.54) is 0 Å². The van der Waals surface area contributed by atoms with Crippen LogP contribution in [0.4, 0.5) is 0 Å². The Morgan fingerprint density at radius 2 is 2.35 bits per heavy atom. The average molecular weight is 253 g/mol. The molecule has 1 aliphatic heterocycles. The Morgan fingerprint density at radius 3 is 3.00 bits per heavy atom. The Kier molecular flexibility index (Phi) is 3.69. The number of hydrogen-bond acceptors (Lipinski definition) is 2. The number of amides is 1. The maximum Gasteiger partial charge on any atom is 0.254 e. The molecule has 2 rings (SSSR count). The van der Waals surface area contributed by atoms with Crippen molar-refractivity contribution in [3.8, 4) is 0 Å². The summed E-state index contributed by atoms with van der Waals surface area (Å²) in [4.78, 5) is 14.2. The molecule has 0 unspecified atom stereocenters. The minimum Gasteiger partial charge on any atom is -0.334 e. The van der Waals surface area contributed by atoms with Crippen LogP contribution in [-0.4, -0.2) is 29.9 Å². The summed E-state index contributed by atoms with van der Waals surface area (Å²) in [6.45, 7) is 3.26. The van der Waals surface area contributed by atoms with Crippen molar-refractivity contribution in [3.63, 3.8) is 0 Å². The number of aryl methyl sites for hydroxylation is 1. The van der Waals surface area contributed by atoms with Crippen LogP contribution in [0.25, 0.3) is 0 Å². The minimum absolute atomic E-state index is 0.0415. The third-order valence-corrected chi connectivity index (χ3v) is 3.74. The summed E-state index contributed by atoms with van der Waals surface area (Å²) >= 11 is 6.04. The van der Waals surface area contributed by atoms with Crippen molar-refractivity contribution in [2.24, 2.45) is 5.73 Å². The van der Waals surface area contributed by atoms with Crippen LogP contribution >= 0.6 is 11.6 Å². The third-order valence-electron chi connectivity index (χ3n) is 3.33. The molecular weight excluding hydrogens is 236 g/mol. The van der Waals surface area contributed by atoms with Gasteiger partial charge in [0.1, 0.15) is 0 Å². The number of nitrogens with zero attached hydrogens (tertiary/aromatic N) is 1. The van der Waals surface area contributed by atoms with Crippen molar-refractivity contribution in [3.05, 3.63) is 34.3 Å². The Labute approximate surface area is 107 Å². The molecule has 0 aliphatic carbocycles. The second kappa shape index (κ2) is 5.07. The molecular formula is C13H17ClN2O. The number of halogens is 1. The summed E-state index contributed by atoms with van der Waals surface area (Å²) < 4.78 is 0. The van der Waals surface area contributed by atoms with Gasteiger partial charge in [-0.05, 0) is 37.5 Å². The summed E-state index contributed by atoms with van der Waals surface area (Å²) in [5, 5.41) is 0.638. The molecule has 1 amide bonds. The second-order valence-electron chi connectivity index (χ2n) is 4.49. The van der Waals surface area contributed by atoms with Crippen molar-refractivity contribution in [2.45, 2.75) is 25.8 Å². The SMILES string of the molecule is Cc1ccc(C(=O)N2CCC[C@H]2CN)cc1Cl. The molecule has 1 heterocycles. The molecule has 2 N–H and O–H groups in total. The van der Waals surface area contributed by atoms with Gasteiger partial charge < -0.3 is 10.6 Å². The lowest BCUT2D eigenvalue weighted by molar-refractivity contribution is 0.0741. The lowest BCUT2D eigenvalue weighted by atomic mass is 10.1. The molecule has 92 valence electrons. The fourth-order valence-electron chi connectivity index (χ4n) is 2.24. The van der Waals surface area contributed by atoms with Crippen LogP contribution in [0.15, 0.2) is 18.2 Å². The van der Waals surface area contributed by atoms with Crippen LogP contribution in [0.2, 0.25) is 5.02 Å². The topological polar surface area (TPSA) is 46.3 Å². The van der Waals surface area contributed by atoms with Gasteiger partial charge in [0.15, 0.2) is 0 Å². The molecule has 0 bridgehead atoms. The lowest BCUT2D eigenvalue weighted by Gasteiger charge is -2.23. The zero-order valence-corrected chi connectivity index (χ0v) is 10.7. The maximum absolute atomic E-state index is 12.3. The summed E-state index contributed by atoms with van der Waals surface area (Å²) in [6, 6.07) is 5.63. The van der Waals surface area contributed by atoms with E-state index in [-0.39, 0.29) is 11.9 Å². The monoisotopic (exact) mass is 252 g/mol. The number of carbonyl (C=O) groups is 1. The van der Waals surface area contributed by atoms with E-state index in [9.17, 15) is 4.79 Å². The summed E-state index contributed by atoms with van der Waals surface area (Å²) in [7, 11) is 0. The van der Waals surface area contributed by atoms with Crippen LogP contribution < -0.4 is 5.73 Å². The largest absolute Gasteiger partial charge is 0.334 e. The number of hydrogen-bond donors (Lipinski definition) is 1. The lowest BCUT2D eigenvalue weighted by Crippen LogP contribution is -2.39. The fourth-order valence-corrected chi connectivity index (χ4v) is 2.42. The predicted molar refractivity (Wildman–Crippen MR) is 69.3 cm³/mol. The summed E-state index contributed by atoms with van der Waals surface area (Å²) in [6.07, 6.45) is 2.04. The molecule has 1 aromatic carbocycles. The Hall–Kier alpha value is -1.06. The van der Waals surface area contributed by atoms with Crippen LogP contribution in [0.5, 0.6) is 0 Å². The van der Waals surface area contributed by atoms with Crippen LogP contribution in [-0.2, 0) is 0 Å².